The number of fused-ring (bicyclic) bond motifs is 1. The van der Waals surface area contributed by atoms with Crippen molar-refractivity contribution < 1.29 is 9.53 Å². The molecule has 0 radical (unpaired) electrons. The Kier molecular flexibility index (Phi) is 6.95. The van der Waals surface area contributed by atoms with Crippen molar-refractivity contribution in [3.63, 3.8) is 0 Å². The van der Waals surface area contributed by atoms with Gasteiger partial charge in [0.15, 0.2) is 0 Å². The highest BCUT2D eigenvalue weighted by atomic mass is 35.5. The zero-order valence-corrected chi connectivity index (χ0v) is 20.1. The number of H-pyrrole nitrogens is 1. The van der Waals surface area contributed by atoms with Crippen LogP contribution in [-0.2, 0) is 11.3 Å². The van der Waals surface area contributed by atoms with E-state index in [2.05, 4.69) is 27.8 Å². The van der Waals surface area contributed by atoms with E-state index < -0.39 is 5.97 Å². The maximum Gasteiger partial charge on any atom is 0.348 e. The van der Waals surface area contributed by atoms with E-state index in [4.69, 9.17) is 21.3 Å². The molecular weight excluding hydrogens is 448 g/mol. The average molecular weight is 475 g/mol. The van der Waals surface area contributed by atoms with Crippen LogP contribution in [0.2, 0.25) is 5.02 Å². The number of nitrogens with zero attached hydrogens (tertiary/aromatic N) is 3. The van der Waals surface area contributed by atoms with E-state index in [-0.39, 0.29) is 11.6 Å². The van der Waals surface area contributed by atoms with Gasteiger partial charge in [0, 0.05) is 37.7 Å². The number of nitrogens with one attached hydrogen (secondary N) is 1. The molecule has 1 atom stereocenters. The summed E-state index contributed by atoms with van der Waals surface area (Å²) in [4.78, 5) is 38.4. The monoisotopic (exact) mass is 474 g/mol. The Hall–Kier alpha value is -2.26. The number of aromatic nitrogens is 2. The van der Waals surface area contributed by atoms with Crippen LogP contribution < -0.4 is 5.56 Å². The van der Waals surface area contributed by atoms with Crippen LogP contribution in [0.5, 0.6) is 0 Å². The number of carbonyl (C=O) groups is 1. The molecule has 0 spiro atoms. The molecule has 0 saturated carbocycles. The number of hydrogen-bond donors (Lipinski definition) is 1. The van der Waals surface area contributed by atoms with Crippen LogP contribution in [0, 0.1) is 6.92 Å². The van der Waals surface area contributed by atoms with Crippen molar-refractivity contribution in [2.75, 3.05) is 32.8 Å². The van der Waals surface area contributed by atoms with Gasteiger partial charge in [-0.15, -0.1) is 11.3 Å². The first-order valence-corrected chi connectivity index (χ1v) is 12.0. The van der Waals surface area contributed by atoms with Crippen LogP contribution in [0.25, 0.3) is 10.2 Å². The summed E-state index contributed by atoms with van der Waals surface area (Å²) in [6.45, 7) is 10.4. The summed E-state index contributed by atoms with van der Waals surface area (Å²) in [6, 6.07) is 7.94. The highest BCUT2D eigenvalue weighted by Crippen LogP contribution is 2.29. The fourth-order valence-corrected chi connectivity index (χ4v) is 5.42. The van der Waals surface area contributed by atoms with Gasteiger partial charge in [-0.3, -0.25) is 14.6 Å². The van der Waals surface area contributed by atoms with Gasteiger partial charge in [-0.25, -0.2) is 9.78 Å². The lowest BCUT2D eigenvalue weighted by Gasteiger charge is -2.37. The van der Waals surface area contributed by atoms with Crippen molar-refractivity contribution >= 4 is 39.1 Å². The topological polar surface area (TPSA) is 78.5 Å². The molecular formula is C23H27ClN4O3S. The second kappa shape index (κ2) is 9.70. The number of esters is 1. The highest BCUT2D eigenvalue weighted by molar-refractivity contribution is 7.20. The van der Waals surface area contributed by atoms with Crippen LogP contribution in [-0.4, -0.2) is 58.5 Å². The molecule has 0 amide bonds. The first-order chi connectivity index (χ1) is 15.4. The molecule has 170 valence electrons. The van der Waals surface area contributed by atoms with Crippen LogP contribution in [0.4, 0.5) is 0 Å². The summed E-state index contributed by atoms with van der Waals surface area (Å²) in [5.41, 5.74) is 1.63. The van der Waals surface area contributed by atoms with Gasteiger partial charge in [0.25, 0.3) is 5.56 Å². The molecule has 1 unspecified atom stereocenters. The summed E-state index contributed by atoms with van der Waals surface area (Å²) in [6.07, 6.45) is 0. The van der Waals surface area contributed by atoms with E-state index in [1.54, 1.807) is 13.8 Å². The van der Waals surface area contributed by atoms with Crippen molar-refractivity contribution in [2.45, 2.75) is 33.4 Å². The van der Waals surface area contributed by atoms with Gasteiger partial charge in [-0.05, 0) is 44.0 Å². The Balaban J connectivity index is 1.47. The second-order valence-corrected chi connectivity index (χ2v) is 9.46. The zero-order valence-electron chi connectivity index (χ0n) is 18.5. The summed E-state index contributed by atoms with van der Waals surface area (Å²) in [5.74, 6) is 0.222. The van der Waals surface area contributed by atoms with Gasteiger partial charge >= 0.3 is 5.97 Å². The molecule has 1 saturated heterocycles. The summed E-state index contributed by atoms with van der Waals surface area (Å²) >= 11 is 7.33. The summed E-state index contributed by atoms with van der Waals surface area (Å²) < 4.78 is 5.12. The predicted octanol–water partition coefficient (Wildman–Crippen LogP) is 4.00. The van der Waals surface area contributed by atoms with Crippen molar-refractivity contribution in [3.8, 4) is 0 Å². The highest BCUT2D eigenvalue weighted by Gasteiger charge is 2.26. The number of ether oxygens (including phenoxy) is 1. The van der Waals surface area contributed by atoms with E-state index in [1.807, 2.05) is 18.2 Å². The molecule has 1 fully saturated rings. The van der Waals surface area contributed by atoms with Gasteiger partial charge in [0.05, 0.1) is 18.0 Å². The number of rotatable bonds is 6. The molecule has 0 bridgehead atoms. The van der Waals surface area contributed by atoms with Gasteiger partial charge in [0.1, 0.15) is 15.5 Å². The minimum Gasteiger partial charge on any atom is -0.462 e. The number of aryl methyl sites for hydroxylation is 1. The smallest absolute Gasteiger partial charge is 0.348 e. The minimum atomic E-state index is -0.405. The molecule has 32 heavy (non-hydrogen) atoms. The average Bonchev–Trinajstić information content (AvgIpc) is 3.11. The Morgan fingerprint density at radius 2 is 2.06 bits per heavy atom. The van der Waals surface area contributed by atoms with Crippen molar-refractivity contribution in [1.82, 2.24) is 19.8 Å². The molecule has 1 aromatic carbocycles. The van der Waals surface area contributed by atoms with Gasteiger partial charge < -0.3 is 9.72 Å². The first kappa shape index (κ1) is 22.9. The van der Waals surface area contributed by atoms with E-state index in [9.17, 15) is 9.59 Å². The van der Waals surface area contributed by atoms with Gasteiger partial charge in [-0.1, -0.05) is 23.7 Å². The number of hydrogen-bond acceptors (Lipinski definition) is 7. The standard InChI is InChI=1S/C23H27ClN4O3S/c1-4-31-23(30)19-14(2)18-21(29)25-20(26-22(18)32-19)15(3)28-10-8-27(9-11-28)13-16-6-5-7-17(24)12-16/h5-7,12,15H,4,8-11,13H2,1-3H3,(H,25,26,29). The summed E-state index contributed by atoms with van der Waals surface area (Å²) in [5, 5.41) is 1.23. The van der Waals surface area contributed by atoms with Gasteiger partial charge in [0.2, 0.25) is 0 Å². The lowest BCUT2D eigenvalue weighted by Crippen LogP contribution is -2.47. The number of thiophene rings is 1. The van der Waals surface area contributed by atoms with Crippen LogP contribution in [0.1, 0.15) is 46.5 Å². The quantitative estimate of drug-likeness (QED) is 0.544. The molecule has 9 heteroatoms. The number of carbonyl (C=O) groups excluding carboxylic acids is 1. The molecule has 3 aromatic rings. The molecule has 4 rings (SSSR count). The molecule has 1 aliphatic rings. The SMILES string of the molecule is CCOC(=O)c1sc2nc(C(C)N3CCN(Cc4cccc(Cl)c4)CC3)[nH]c(=O)c2c1C. The third-order valence-electron chi connectivity index (χ3n) is 5.93. The van der Waals surface area contributed by atoms with Crippen LogP contribution in [0.3, 0.4) is 0 Å². The molecule has 0 aliphatic carbocycles. The normalized spacial score (nSPS) is 16.4. The fourth-order valence-electron chi connectivity index (χ4n) is 4.12. The van der Waals surface area contributed by atoms with Crippen LogP contribution in [0.15, 0.2) is 29.1 Å². The first-order valence-electron chi connectivity index (χ1n) is 10.8. The molecule has 1 N–H and O–H groups in total. The van der Waals surface area contributed by atoms with E-state index in [0.717, 1.165) is 37.7 Å². The molecule has 1 aliphatic heterocycles. The molecule has 7 nitrogen and oxygen atoms in total. The third-order valence-corrected chi connectivity index (χ3v) is 7.33. The van der Waals surface area contributed by atoms with Crippen LogP contribution >= 0.6 is 22.9 Å². The molecule has 2 aromatic heterocycles. The van der Waals surface area contributed by atoms with Crippen molar-refractivity contribution in [1.29, 1.82) is 0 Å². The molecule has 3 heterocycles. The van der Waals surface area contributed by atoms with Crippen molar-refractivity contribution in [3.05, 3.63) is 61.5 Å². The van der Waals surface area contributed by atoms with E-state index in [0.29, 0.717) is 33.1 Å². The Morgan fingerprint density at radius 1 is 1.31 bits per heavy atom. The maximum atomic E-state index is 12.8. The second-order valence-electron chi connectivity index (χ2n) is 8.03. The third kappa shape index (κ3) is 4.73. The number of benzene rings is 1. The number of piperazine rings is 1. The minimum absolute atomic E-state index is 0.0335. The number of aromatic amines is 1. The van der Waals surface area contributed by atoms with Gasteiger partial charge in [-0.2, -0.15) is 0 Å². The lowest BCUT2D eigenvalue weighted by atomic mass is 10.1. The summed E-state index contributed by atoms with van der Waals surface area (Å²) in [7, 11) is 0. The zero-order chi connectivity index (χ0) is 22.8. The Labute approximate surface area is 196 Å². The van der Waals surface area contributed by atoms with E-state index >= 15 is 0 Å². The lowest BCUT2D eigenvalue weighted by molar-refractivity contribution is 0.0531. The largest absolute Gasteiger partial charge is 0.462 e. The fraction of sp³-hybridized carbons (Fsp3) is 0.435. The van der Waals surface area contributed by atoms with E-state index in [1.165, 1.54) is 16.9 Å². The number of halogens is 1. The van der Waals surface area contributed by atoms with Crippen molar-refractivity contribution in [2.24, 2.45) is 0 Å². The Bertz CT molecular complexity index is 1180. The maximum absolute atomic E-state index is 12.8. The predicted molar refractivity (Wildman–Crippen MR) is 128 cm³/mol. The Morgan fingerprint density at radius 3 is 2.75 bits per heavy atom.